The third-order valence-electron chi connectivity index (χ3n) is 3.81. The molecule has 0 radical (unpaired) electrons. The molecule has 1 aliphatic heterocycles. The van der Waals surface area contributed by atoms with Crippen molar-refractivity contribution in [2.24, 2.45) is 11.7 Å². The lowest BCUT2D eigenvalue weighted by molar-refractivity contribution is 0.416. The summed E-state index contributed by atoms with van der Waals surface area (Å²) >= 11 is 0. The topological polar surface area (TPSA) is 81.2 Å². The van der Waals surface area contributed by atoms with Gasteiger partial charge < -0.3 is 5.73 Å². The van der Waals surface area contributed by atoms with E-state index < -0.39 is 10.0 Å². The first-order valence-corrected chi connectivity index (χ1v) is 8.70. The molecule has 1 atom stereocenters. The summed E-state index contributed by atoms with van der Waals surface area (Å²) < 4.78 is 28.4. The average molecular weight is 300 g/mol. The number of rotatable bonds is 5. The fourth-order valence-electron chi connectivity index (χ4n) is 2.48. The summed E-state index contributed by atoms with van der Waals surface area (Å²) in [6, 6.07) is 0. The zero-order chi connectivity index (χ0) is 14.6. The summed E-state index contributed by atoms with van der Waals surface area (Å²) in [5.41, 5.74) is 5.45. The van der Waals surface area contributed by atoms with Crippen LogP contribution in [0.4, 0.5) is 0 Å². The van der Waals surface area contributed by atoms with Crippen LogP contribution in [-0.2, 0) is 16.6 Å². The standard InChI is InChI=1S/C13H24N4O2S/c1-12-4-2-8-17(9-5-12)20(18,19)13-10-15-16(11-13)7-3-6-14/h10-12H,2-9,14H2,1H3. The molecule has 0 aliphatic carbocycles. The molecule has 114 valence electrons. The van der Waals surface area contributed by atoms with E-state index in [2.05, 4.69) is 12.0 Å². The summed E-state index contributed by atoms with van der Waals surface area (Å²) in [5, 5.41) is 4.11. The lowest BCUT2D eigenvalue weighted by atomic mass is 10.0. The highest BCUT2D eigenvalue weighted by Gasteiger charge is 2.27. The number of aromatic nitrogens is 2. The second kappa shape index (κ2) is 6.69. The van der Waals surface area contributed by atoms with Gasteiger partial charge in [0.25, 0.3) is 0 Å². The van der Waals surface area contributed by atoms with Gasteiger partial charge in [0.1, 0.15) is 4.90 Å². The minimum atomic E-state index is -3.39. The normalized spacial score (nSPS) is 21.8. The van der Waals surface area contributed by atoms with Crippen LogP contribution in [0.3, 0.4) is 0 Å². The molecule has 0 saturated carbocycles. The van der Waals surface area contributed by atoms with Gasteiger partial charge in [0.15, 0.2) is 0 Å². The van der Waals surface area contributed by atoms with Crippen LogP contribution >= 0.6 is 0 Å². The Morgan fingerprint density at radius 3 is 2.95 bits per heavy atom. The molecule has 20 heavy (non-hydrogen) atoms. The first kappa shape index (κ1) is 15.5. The van der Waals surface area contributed by atoms with E-state index in [4.69, 9.17) is 5.73 Å². The van der Waals surface area contributed by atoms with Gasteiger partial charge in [0.2, 0.25) is 10.0 Å². The highest BCUT2D eigenvalue weighted by Crippen LogP contribution is 2.22. The van der Waals surface area contributed by atoms with E-state index in [0.29, 0.717) is 37.0 Å². The van der Waals surface area contributed by atoms with Gasteiger partial charge in [-0.3, -0.25) is 4.68 Å². The van der Waals surface area contributed by atoms with E-state index in [1.165, 1.54) is 6.20 Å². The highest BCUT2D eigenvalue weighted by molar-refractivity contribution is 7.89. The minimum absolute atomic E-state index is 0.295. The number of sulfonamides is 1. The molecule has 7 heteroatoms. The van der Waals surface area contributed by atoms with E-state index in [-0.39, 0.29) is 0 Å². The molecule has 0 amide bonds. The van der Waals surface area contributed by atoms with Crippen molar-refractivity contribution in [3.05, 3.63) is 12.4 Å². The summed E-state index contributed by atoms with van der Waals surface area (Å²) in [4.78, 5) is 0.295. The van der Waals surface area contributed by atoms with E-state index >= 15 is 0 Å². The summed E-state index contributed by atoms with van der Waals surface area (Å²) in [6.45, 7) is 4.63. The molecule has 1 saturated heterocycles. The lowest BCUT2D eigenvalue weighted by Gasteiger charge is -2.18. The summed E-state index contributed by atoms with van der Waals surface area (Å²) in [5.74, 6) is 0.600. The van der Waals surface area contributed by atoms with Gasteiger partial charge in [-0.15, -0.1) is 0 Å². The number of nitrogens with two attached hydrogens (primary N) is 1. The number of hydrogen-bond acceptors (Lipinski definition) is 4. The smallest absolute Gasteiger partial charge is 0.246 e. The Morgan fingerprint density at radius 1 is 1.40 bits per heavy atom. The molecule has 1 fully saturated rings. The molecule has 1 aromatic rings. The van der Waals surface area contributed by atoms with Gasteiger partial charge in [-0.05, 0) is 38.1 Å². The maximum absolute atomic E-state index is 12.6. The molecule has 6 nitrogen and oxygen atoms in total. The van der Waals surface area contributed by atoms with E-state index in [1.807, 2.05) is 0 Å². The Morgan fingerprint density at radius 2 is 2.20 bits per heavy atom. The minimum Gasteiger partial charge on any atom is -0.330 e. The second-order valence-corrected chi connectivity index (χ2v) is 7.46. The van der Waals surface area contributed by atoms with Crippen molar-refractivity contribution in [3.8, 4) is 0 Å². The third kappa shape index (κ3) is 3.59. The molecule has 2 N–H and O–H groups in total. The van der Waals surface area contributed by atoms with Crippen LogP contribution in [0.1, 0.15) is 32.6 Å². The molecule has 0 spiro atoms. The van der Waals surface area contributed by atoms with Crippen molar-refractivity contribution in [2.75, 3.05) is 19.6 Å². The maximum Gasteiger partial charge on any atom is 0.246 e. The van der Waals surface area contributed by atoms with Gasteiger partial charge >= 0.3 is 0 Å². The Labute approximate surface area is 121 Å². The van der Waals surface area contributed by atoms with Crippen molar-refractivity contribution in [2.45, 2.75) is 44.0 Å². The molecule has 2 rings (SSSR count). The highest BCUT2D eigenvalue weighted by atomic mass is 32.2. The van der Waals surface area contributed by atoms with Gasteiger partial charge in [-0.25, -0.2) is 8.42 Å². The van der Waals surface area contributed by atoms with Crippen LogP contribution in [0.15, 0.2) is 17.3 Å². The maximum atomic E-state index is 12.6. The Bertz CT molecular complexity index is 526. The van der Waals surface area contributed by atoms with E-state index in [1.54, 1.807) is 15.2 Å². The fourth-order valence-corrected chi connectivity index (χ4v) is 3.93. The van der Waals surface area contributed by atoms with Crippen molar-refractivity contribution < 1.29 is 8.42 Å². The van der Waals surface area contributed by atoms with Crippen LogP contribution in [0.25, 0.3) is 0 Å². The van der Waals surface area contributed by atoms with Crippen molar-refractivity contribution in [1.82, 2.24) is 14.1 Å². The number of hydrogen-bond donors (Lipinski definition) is 1. The molecule has 1 unspecified atom stereocenters. The Kier molecular flexibility index (Phi) is 5.17. The number of aryl methyl sites for hydroxylation is 1. The zero-order valence-electron chi connectivity index (χ0n) is 12.0. The molecule has 1 aromatic heterocycles. The Balaban J connectivity index is 2.10. The first-order valence-electron chi connectivity index (χ1n) is 7.26. The molecular formula is C13H24N4O2S. The predicted octanol–water partition coefficient (Wildman–Crippen LogP) is 1.04. The fraction of sp³-hybridized carbons (Fsp3) is 0.769. The predicted molar refractivity (Wildman–Crippen MR) is 77.7 cm³/mol. The van der Waals surface area contributed by atoms with Gasteiger partial charge in [-0.2, -0.15) is 9.40 Å². The molecule has 0 aromatic carbocycles. The average Bonchev–Trinajstić information content (AvgIpc) is 2.79. The zero-order valence-corrected chi connectivity index (χ0v) is 12.8. The lowest BCUT2D eigenvalue weighted by Crippen LogP contribution is -2.31. The third-order valence-corrected chi connectivity index (χ3v) is 5.67. The van der Waals surface area contributed by atoms with Crippen LogP contribution in [0, 0.1) is 5.92 Å². The van der Waals surface area contributed by atoms with Crippen LogP contribution < -0.4 is 5.73 Å². The van der Waals surface area contributed by atoms with E-state index in [9.17, 15) is 8.42 Å². The van der Waals surface area contributed by atoms with Crippen LogP contribution in [0.5, 0.6) is 0 Å². The molecule has 1 aliphatic rings. The molecule has 2 heterocycles. The quantitative estimate of drug-likeness (QED) is 0.881. The monoisotopic (exact) mass is 300 g/mol. The van der Waals surface area contributed by atoms with Crippen molar-refractivity contribution in [3.63, 3.8) is 0 Å². The second-order valence-electron chi connectivity index (χ2n) is 5.52. The Hall–Kier alpha value is -0.920. The van der Waals surface area contributed by atoms with Gasteiger partial charge in [0, 0.05) is 25.8 Å². The molecular weight excluding hydrogens is 276 g/mol. The first-order chi connectivity index (χ1) is 9.54. The number of nitrogens with zero attached hydrogens (tertiary/aromatic N) is 3. The largest absolute Gasteiger partial charge is 0.330 e. The summed E-state index contributed by atoms with van der Waals surface area (Å²) in [6.07, 6.45) is 6.81. The van der Waals surface area contributed by atoms with Crippen molar-refractivity contribution in [1.29, 1.82) is 0 Å². The summed E-state index contributed by atoms with van der Waals surface area (Å²) in [7, 11) is -3.39. The van der Waals surface area contributed by atoms with Crippen LogP contribution in [0.2, 0.25) is 0 Å². The van der Waals surface area contributed by atoms with Gasteiger partial charge in [-0.1, -0.05) is 6.92 Å². The SMILES string of the molecule is CC1CCCN(S(=O)(=O)c2cnn(CCCN)c2)CC1. The van der Waals surface area contributed by atoms with Crippen molar-refractivity contribution >= 4 is 10.0 Å². The van der Waals surface area contributed by atoms with Gasteiger partial charge in [0.05, 0.1) is 6.20 Å². The van der Waals surface area contributed by atoms with E-state index in [0.717, 1.165) is 25.7 Å². The van der Waals surface area contributed by atoms with Crippen LogP contribution in [-0.4, -0.2) is 42.1 Å². The molecule has 0 bridgehead atoms.